The third kappa shape index (κ3) is 6.67. The summed E-state index contributed by atoms with van der Waals surface area (Å²) < 4.78 is 73.6. The van der Waals surface area contributed by atoms with Gasteiger partial charge in [0.25, 0.3) is 0 Å². The van der Waals surface area contributed by atoms with Gasteiger partial charge in [-0.15, -0.1) is 0 Å². The molecule has 0 spiro atoms. The molecule has 0 amide bonds. The van der Waals surface area contributed by atoms with Gasteiger partial charge >= 0.3 is 216 Å². The minimum atomic E-state index is -5.94. The van der Waals surface area contributed by atoms with Crippen LogP contribution in [0, 0.1) is 0 Å². The summed E-state index contributed by atoms with van der Waals surface area (Å²) in [5, 5.41) is 0. The maximum absolute atomic E-state index is 14.0. The van der Waals surface area contributed by atoms with Crippen LogP contribution in [0.15, 0.2) is 121 Å². The number of halogens is 3. The van der Waals surface area contributed by atoms with Gasteiger partial charge in [0.1, 0.15) is 0 Å². The summed E-state index contributed by atoms with van der Waals surface area (Å²) in [5.41, 5.74) is -2.67. The van der Waals surface area contributed by atoms with E-state index in [9.17, 15) is 21.6 Å². The normalized spacial score (nSPS) is 13.5. The molecule has 0 saturated heterocycles. The predicted octanol–water partition coefficient (Wildman–Crippen LogP) is 8.12. The van der Waals surface area contributed by atoms with E-state index in [0.717, 1.165) is 22.3 Å². The van der Waals surface area contributed by atoms with Gasteiger partial charge in [-0.05, 0) is 0 Å². The number of hydrogen-bond acceptors (Lipinski definition) is 3. The molecule has 0 aliphatic heterocycles. The molecular formula is C29H28F3O3PS. The fourth-order valence-corrected chi connectivity index (χ4v) is 13.6. The second-order valence-electron chi connectivity index (χ2n) is 9.41. The van der Waals surface area contributed by atoms with Crippen molar-refractivity contribution in [3.8, 4) is 0 Å². The second kappa shape index (κ2) is 10.8. The Balaban J connectivity index is 2.04. The molecule has 3 nitrogen and oxygen atoms in total. The predicted molar refractivity (Wildman–Crippen MR) is 144 cm³/mol. The van der Waals surface area contributed by atoms with Gasteiger partial charge in [-0.2, -0.15) is 0 Å². The zero-order chi connectivity index (χ0) is 26.4. The molecule has 4 rings (SSSR count). The molecular weight excluding hydrogens is 516 g/mol. The molecule has 0 radical (unpaired) electrons. The van der Waals surface area contributed by atoms with Gasteiger partial charge in [0.05, 0.1) is 0 Å². The van der Waals surface area contributed by atoms with E-state index in [1.807, 2.05) is 72.8 Å². The van der Waals surface area contributed by atoms with Crippen LogP contribution in [-0.2, 0) is 38.7 Å². The molecule has 194 valence electrons. The summed E-state index contributed by atoms with van der Waals surface area (Å²) >= 11 is 0. The summed E-state index contributed by atoms with van der Waals surface area (Å²) in [6, 6.07) is 36.1. The standard InChI is InChI=1S/C29H28F3O3PS/c30-29(31,32)37(33,34)35-36(21-25-13-5-1-6-14-25,22-26-15-7-2-8-16-26,23-27-17-9-3-10-18-27)24-28-19-11-4-12-20-28/h1-20H,21-24H2. The van der Waals surface area contributed by atoms with E-state index >= 15 is 0 Å². The Morgan fingerprint density at radius 1 is 0.514 bits per heavy atom. The number of benzene rings is 4. The maximum atomic E-state index is 14.0. The molecule has 4 aromatic rings. The van der Waals surface area contributed by atoms with Crippen molar-refractivity contribution >= 4 is 16.9 Å². The van der Waals surface area contributed by atoms with Crippen molar-refractivity contribution in [2.45, 2.75) is 30.2 Å². The van der Waals surface area contributed by atoms with E-state index in [-0.39, 0.29) is 24.6 Å². The molecule has 0 aliphatic carbocycles. The Hall–Kier alpha value is -2.99. The molecule has 37 heavy (non-hydrogen) atoms. The third-order valence-electron chi connectivity index (χ3n) is 6.29. The molecule has 4 aromatic carbocycles. The first-order valence-electron chi connectivity index (χ1n) is 11.8. The fourth-order valence-electron chi connectivity index (χ4n) is 4.94. The quantitative estimate of drug-likeness (QED) is 0.150. The third-order valence-corrected chi connectivity index (χ3v) is 14.0. The first-order chi connectivity index (χ1) is 17.6. The zero-order valence-electron chi connectivity index (χ0n) is 20.1. The monoisotopic (exact) mass is 544 g/mol. The summed E-state index contributed by atoms with van der Waals surface area (Å²) in [4.78, 5) is 0. The van der Waals surface area contributed by atoms with Crippen LogP contribution in [0.3, 0.4) is 0 Å². The van der Waals surface area contributed by atoms with E-state index in [1.165, 1.54) is 0 Å². The molecule has 0 aliphatic rings. The van der Waals surface area contributed by atoms with Gasteiger partial charge in [-0.3, -0.25) is 0 Å². The van der Waals surface area contributed by atoms with E-state index in [1.54, 1.807) is 48.5 Å². The molecule has 0 atom stereocenters. The van der Waals surface area contributed by atoms with Crippen molar-refractivity contribution < 1.29 is 25.6 Å². The number of alkyl halides is 3. The number of rotatable bonds is 10. The summed E-state index contributed by atoms with van der Waals surface area (Å²) in [6.07, 6.45) is 0.224. The first-order valence-corrected chi connectivity index (χ1v) is 16.1. The van der Waals surface area contributed by atoms with Gasteiger partial charge in [0.15, 0.2) is 0 Å². The summed E-state index contributed by atoms with van der Waals surface area (Å²) in [5.74, 6) is 0. The van der Waals surface area contributed by atoms with Crippen molar-refractivity contribution in [1.82, 2.24) is 0 Å². The fraction of sp³-hybridized carbons (Fsp3) is 0.172. The van der Waals surface area contributed by atoms with Crippen LogP contribution in [0.4, 0.5) is 13.2 Å². The zero-order valence-corrected chi connectivity index (χ0v) is 21.8. The van der Waals surface area contributed by atoms with Gasteiger partial charge in [0, 0.05) is 0 Å². The van der Waals surface area contributed by atoms with Crippen LogP contribution in [0.2, 0.25) is 0 Å². The van der Waals surface area contributed by atoms with E-state index in [2.05, 4.69) is 0 Å². The van der Waals surface area contributed by atoms with Gasteiger partial charge in [-0.25, -0.2) is 0 Å². The van der Waals surface area contributed by atoms with E-state index in [0.29, 0.717) is 0 Å². The Bertz CT molecular complexity index is 1220. The summed E-state index contributed by atoms with van der Waals surface area (Å²) in [7, 11) is -5.94. The van der Waals surface area contributed by atoms with Gasteiger partial charge in [0.2, 0.25) is 0 Å². The van der Waals surface area contributed by atoms with Gasteiger partial charge in [-0.1, -0.05) is 0 Å². The summed E-state index contributed by atoms with van der Waals surface area (Å²) in [6.45, 7) is -4.39. The Morgan fingerprint density at radius 2 is 0.757 bits per heavy atom. The Labute approximate surface area is 216 Å². The molecule has 0 fully saturated rings. The Kier molecular flexibility index (Phi) is 7.88. The average molecular weight is 545 g/mol. The van der Waals surface area contributed by atoms with Crippen molar-refractivity contribution in [3.63, 3.8) is 0 Å². The van der Waals surface area contributed by atoms with Crippen LogP contribution < -0.4 is 0 Å². The molecule has 0 saturated carbocycles. The van der Waals surface area contributed by atoms with Crippen molar-refractivity contribution in [2.75, 3.05) is 0 Å². The number of hydrogen-bond donors (Lipinski definition) is 0. The van der Waals surface area contributed by atoms with Crippen molar-refractivity contribution in [2.24, 2.45) is 0 Å². The molecule has 0 aromatic heterocycles. The van der Waals surface area contributed by atoms with Crippen LogP contribution in [0.5, 0.6) is 0 Å². The van der Waals surface area contributed by atoms with Crippen molar-refractivity contribution in [1.29, 1.82) is 0 Å². The average Bonchev–Trinajstić information content (AvgIpc) is 2.85. The molecule has 0 N–H and O–H groups in total. The second-order valence-corrected chi connectivity index (χ2v) is 16.4. The molecule has 0 bridgehead atoms. The van der Waals surface area contributed by atoms with Crippen molar-refractivity contribution in [3.05, 3.63) is 144 Å². The van der Waals surface area contributed by atoms with Crippen LogP contribution in [-0.4, -0.2) is 13.9 Å². The van der Waals surface area contributed by atoms with Crippen LogP contribution in [0.1, 0.15) is 22.3 Å². The topological polar surface area (TPSA) is 43.4 Å². The molecule has 0 unspecified atom stereocenters. The van der Waals surface area contributed by atoms with Crippen LogP contribution >= 0.6 is 6.83 Å². The van der Waals surface area contributed by atoms with Gasteiger partial charge < -0.3 is 0 Å². The van der Waals surface area contributed by atoms with Crippen LogP contribution in [0.25, 0.3) is 0 Å². The van der Waals surface area contributed by atoms with E-state index < -0.39 is 22.5 Å². The SMILES string of the molecule is O=S(=O)(OP(Cc1ccccc1)(Cc1ccccc1)(Cc1ccccc1)Cc1ccccc1)C(F)(F)F. The minimum absolute atomic E-state index is 0.0560. The molecule has 0 heterocycles. The first kappa shape index (κ1) is 27.1. The molecule has 8 heteroatoms. The van der Waals surface area contributed by atoms with E-state index in [4.69, 9.17) is 3.97 Å². The Morgan fingerprint density at radius 3 is 0.973 bits per heavy atom.